The molecule has 106 valence electrons. The van der Waals surface area contributed by atoms with Crippen molar-refractivity contribution < 1.29 is 9.53 Å². The lowest BCUT2D eigenvalue weighted by molar-refractivity contribution is -0.134. The summed E-state index contributed by atoms with van der Waals surface area (Å²) in [6.07, 6.45) is 2.62. The van der Waals surface area contributed by atoms with Crippen molar-refractivity contribution in [3.63, 3.8) is 0 Å². The predicted octanol–water partition coefficient (Wildman–Crippen LogP) is -0.843. The summed E-state index contributed by atoms with van der Waals surface area (Å²) in [4.78, 5) is 39.2. The SMILES string of the molecule is COC(=O)/C=C/c1nc2c(c(=O)n(C)c(=O)n2C)n1C. The average molecular weight is 278 g/mol. The first-order valence-electron chi connectivity index (χ1n) is 5.77. The van der Waals surface area contributed by atoms with Gasteiger partial charge in [-0.15, -0.1) is 0 Å². The number of fused-ring (bicyclic) bond motifs is 1. The van der Waals surface area contributed by atoms with Gasteiger partial charge in [0.25, 0.3) is 5.56 Å². The Balaban J connectivity index is 2.77. The fraction of sp³-hybridized carbons (Fsp3) is 0.333. The van der Waals surface area contributed by atoms with E-state index in [1.165, 1.54) is 42.5 Å². The number of ether oxygens (including phenoxy) is 1. The lowest BCUT2D eigenvalue weighted by Gasteiger charge is -2.02. The standard InChI is InChI=1S/C12H14N4O4/c1-14-7(5-6-8(17)20-4)13-10-9(14)11(18)16(3)12(19)15(10)2/h5-6H,1-4H3/b6-5+. The summed E-state index contributed by atoms with van der Waals surface area (Å²) < 4.78 is 8.31. The molecule has 2 aromatic rings. The fourth-order valence-corrected chi connectivity index (χ4v) is 1.89. The highest BCUT2D eigenvalue weighted by molar-refractivity contribution is 5.87. The topological polar surface area (TPSA) is 88.1 Å². The first-order chi connectivity index (χ1) is 9.38. The molecule has 0 amide bonds. The molecular weight excluding hydrogens is 264 g/mol. The van der Waals surface area contributed by atoms with Crippen LogP contribution in [0.15, 0.2) is 15.7 Å². The van der Waals surface area contributed by atoms with Crippen molar-refractivity contribution in [2.75, 3.05) is 7.11 Å². The summed E-state index contributed by atoms with van der Waals surface area (Å²) in [6, 6.07) is 0. The molecule has 0 aromatic carbocycles. The third kappa shape index (κ3) is 1.94. The van der Waals surface area contributed by atoms with Crippen molar-refractivity contribution in [2.45, 2.75) is 0 Å². The zero-order valence-electron chi connectivity index (χ0n) is 11.6. The number of aryl methyl sites for hydroxylation is 2. The van der Waals surface area contributed by atoms with Crippen LogP contribution in [0.2, 0.25) is 0 Å². The quantitative estimate of drug-likeness (QED) is 0.528. The molecule has 0 radical (unpaired) electrons. The maximum Gasteiger partial charge on any atom is 0.332 e. The largest absolute Gasteiger partial charge is 0.466 e. The molecule has 2 aromatic heterocycles. The zero-order valence-corrected chi connectivity index (χ0v) is 11.6. The highest BCUT2D eigenvalue weighted by Gasteiger charge is 2.15. The molecule has 2 rings (SSSR count). The van der Waals surface area contributed by atoms with Crippen molar-refractivity contribution in [1.82, 2.24) is 18.7 Å². The number of hydrogen-bond donors (Lipinski definition) is 0. The second-order valence-electron chi connectivity index (χ2n) is 4.26. The molecule has 8 nitrogen and oxygen atoms in total. The van der Waals surface area contributed by atoms with Gasteiger partial charge >= 0.3 is 11.7 Å². The summed E-state index contributed by atoms with van der Waals surface area (Å²) in [6.45, 7) is 0. The predicted molar refractivity (Wildman–Crippen MR) is 72.2 cm³/mol. The van der Waals surface area contributed by atoms with Crippen LogP contribution in [0.4, 0.5) is 0 Å². The van der Waals surface area contributed by atoms with Crippen LogP contribution in [0.3, 0.4) is 0 Å². The lowest BCUT2D eigenvalue weighted by Crippen LogP contribution is -2.37. The van der Waals surface area contributed by atoms with Gasteiger partial charge < -0.3 is 9.30 Å². The number of aromatic nitrogens is 4. The number of esters is 1. The number of hydrogen-bond acceptors (Lipinski definition) is 5. The Hall–Kier alpha value is -2.64. The molecule has 2 heterocycles. The van der Waals surface area contributed by atoms with Gasteiger partial charge in [-0.1, -0.05) is 0 Å². The Morgan fingerprint density at radius 1 is 1.15 bits per heavy atom. The van der Waals surface area contributed by atoms with E-state index >= 15 is 0 Å². The van der Waals surface area contributed by atoms with E-state index in [2.05, 4.69) is 9.72 Å². The molecule has 0 fully saturated rings. The van der Waals surface area contributed by atoms with Crippen molar-refractivity contribution in [3.05, 3.63) is 32.7 Å². The van der Waals surface area contributed by atoms with E-state index in [0.717, 1.165) is 4.57 Å². The summed E-state index contributed by atoms with van der Waals surface area (Å²) in [5.74, 6) is -0.150. The van der Waals surface area contributed by atoms with E-state index in [9.17, 15) is 14.4 Å². The number of nitrogens with zero attached hydrogens (tertiary/aromatic N) is 4. The van der Waals surface area contributed by atoms with E-state index in [4.69, 9.17) is 0 Å². The Morgan fingerprint density at radius 2 is 1.80 bits per heavy atom. The highest BCUT2D eigenvalue weighted by atomic mass is 16.5. The normalized spacial score (nSPS) is 11.4. The minimum Gasteiger partial charge on any atom is -0.466 e. The maximum absolute atomic E-state index is 12.1. The molecule has 0 unspecified atom stereocenters. The van der Waals surface area contributed by atoms with Gasteiger partial charge in [0.15, 0.2) is 11.2 Å². The Kier molecular flexibility index (Phi) is 3.31. The van der Waals surface area contributed by atoms with Crippen LogP contribution in [0.5, 0.6) is 0 Å². The number of carbonyl (C=O) groups is 1. The number of imidazole rings is 1. The minimum absolute atomic E-state index is 0.269. The van der Waals surface area contributed by atoms with Crippen LogP contribution in [0.25, 0.3) is 17.2 Å². The van der Waals surface area contributed by atoms with E-state index in [-0.39, 0.29) is 5.65 Å². The van der Waals surface area contributed by atoms with Gasteiger partial charge in [0.1, 0.15) is 5.82 Å². The molecule has 20 heavy (non-hydrogen) atoms. The minimum atomic E-state index is -0.529. The van der Waals surface area contributed by atoms with E-state index < -0.39 is 17.2 Å². The van der Waals surface area contributed by atoms with Crippen molar-refractivity contribution in [2.24, 2.45) is 21.1 Å². The van der Waals surface area contributed by atoms with Gasteiger partial charge in [0.05, 0.1) is 7.11 Å². The molecule has 0 atom stereocenters. The number of carbonyl (C=O) groups excluding carboxylic acids is 1. The van der Waals surface area contributed by atoms with Gasteiger partial charge in [-0.05, 0) is 6.08 Å². The van der Waals surface area contributed by atoms with Gasteiger partial charge in [-0.2, -0.15) is 0 Å². The molecule has 0 aliphatic rings. The summed E-state index contributed by atoms with van der Waals surface area (Å²) in [7, 11) is 5.84. The molecule has 0 spiro atoms. The summed E-state index contributed by atoms with van der Waals surface area (Å²) in [5, 5.41) is 0. The first-order valence-corrected chi connectivity index (χ1v) is 5.77. The van der Waals surface area contributed by atoms with Crippen LogP contribution in [0.1, 0.15) is 5.82 Å². The second kappa shape index (κ2) is 4.80. The maximum atomic E-state index is 12.1. The first kappa shape index (κ1) is 13.8. The monoisotopic (exact) mass is 278 g/mol. The Morgan fingerprint density at radius 3 is 2.40 bits per heavy atom. The average Bonchev–Trinajstić information content (AvgIpc) is 2.77. The molecule has 0 aliphatic carbocycles. The smallest absolute Gasteiger partial charge is 0.332 e. The molecule has 0 aliphatic heterocycles. The van der Waals surface area contributed by atoms with Crippen molar-refractivity contribution in [1.29, 1.82) is 0 Å². The van der Waals surface area contributed by atoms with E-state index in [1.807, 2.05) is 0 Å². The van der Waals surface area contributed by atoms with Crippen molar-refractivity contribution in [3.8, 4) is 0 Å². The van der Waals surface area contributed by atoms with E-state index in [0.29, 0.717) is 11.3 Å². The highest BCUT2D eigenvalue weighted by Crippen LogP contribution is 2.10. The van der Waals surface area contributed by atoms with Crippen LogP contribution in [-0.4, -0.2) is 31.8 Å². The molecule has 0 N–H and O–H groups in total. The molecular formula is C12H14N4O4. The van der Waals surface area contributed by atoms with Crippen LogP contribution < -0.4 is 11.2 Å². The van der Waals surface area contributed by atoms with Gasteiger partial charge in [-0.25, -0.2) is 14.6 Å². The van der Waals surface area contributed by atoms with Gasteiger partial charge in [-0.3, -0.25) is 13.9 Å². The fourth-order valence-electron chi connectivity index (χ4n) is 1.89. The third-order valence-electron chi connectivity index (χ3n) is 3.08. The number of rotatable bonds is 2. The summed E-state index contributed by atoms with van der Waals surface area (Å²) in [5.41, 5.74) is -0.329. The molecule has 0 bridgehead atoms. The zero-order chi connectivity index (χ0) is 15.0. The third-order valence-corrected chi connectivity index (χ3v) is 3.08. The van der Waals surface area contributed by atoms with E-state index in [1.54, 1.807) is 7.05 Å². The molecule has 8 heteroatoms. The van der Waals surface area contributed by atoms with Gasteiger partial charge in [0, 0.05) is 27.2 Å². The second-order valence-corrected chi connectivity index (χ2v) is 4.26. The van der Waals surface area contributed by atoms with Crippen LogP contribution in [0, 0.1) is 0 Å². The lowest BCUT2D eigenvalue weighted by atomic mass is 10.4. The Bertz CT molecular complexity index is 838. The van der Waals surface area contributed by atoms with Crippen molar-refractivity contribution >= 4 is 23.2 Å². The molecule has 0 saturated carbocycles. The van der Waals surface area contributed by atoms with Crippen LogP contribution >= 0.6 is 0 Å². The molecule has 0 saturated heterocycles. The van der Waals surface area contributed by atoms with Crippen LogP contribution in [-0.2, 0) is 30.7 Å². The Labute approximate surface area is 113 Å². The summed E-state index contributed by atoms with van der Waals surface area (Å²) >= 11 is 0. The van der Waals surface area contributed by atoms with Gasteiger partial charge in [0.2, 0.25) is 0 Å². The number of methoxy groups -OCH3 is 1.